The van der Waals surface area contributed by atoms with E-state index in [2.05, 4.69) is 15.2 Å². The molecule has 3 heterocycles. The van der Waals surface area contributed by atoms with E-state index in [1.165, 1.54) is 12.1 Å². The highest BCUT2D eigenvalue weighted by atomic mass is 19.3. The maximum Gasteiger partial charge on any atom is 0.266 e. The van der Waals surface area contributed by atoms with Gasteiger partial charge in [0.15, 0.2) is 0 Å². The van der Waals surface area contributed by atoms with Gasteiger partial charge in [0.25, 0.3) is 6.43 Å². The fraction of sp³-hybridized carbons (Fsp3) is 0.452. The van der Waals surface area contributed by atoms with E-state index in [0.717, 1.165) is 17.1 Å². The van der Waals surface area contributed by atoms with E-state index >= 15 is 0 Å². The van der Waals surface area contributed by atoms with Crippen molar-refractivity contribution < 1.29 is 27.5 Å². The van der Waals surface area contributed by atoms with E-state index in [0.29, 0.717) is 69.1 Å². The van der Waals surface area contributed by atoms with Gasteiger partial charge in [-0.3, -0.25) is 14.6 Å². The molecule has 5 rings (SSSR count). The third-order valence-corrected chi connectivity index (χ3v) is 8.20. The fourth-order valence-corrected chi connectivity index (χ4v) is 5.74. The molecule has 1 aromatic heterocycles. The number of ether oxygens (including phenoxy) is 1. The Labute approximate surface area is 243 Å². The molecule has 0 unspecified atom stereocenters. The summed E-state index contributed by atoms with van der Waals surface area (Å²) in [5, 5.41) is 4.08. The van der Waals surface area contributed by atoms with Crippen LogP contribution in [0.15, 0.2) is 42.6 Å². The zero-order valence-electron chi connectivity index (χ0n) is 24.1. The number of pyridine rings is 1. The van der Waals surface area contributed by atoms with Crippen molar-refractivity contribution in [3.8, 4) is 5.75 Å². The molecule has 2 amide bonds. The molecule has 1 N–H and O–H groups in total. The highest BCUT2D eigenvalue weighted by Gasteiger charge is 2.27. The number of piperidine rings is 1. The molecular weight excluding hydrogens is 547 g/mol. The monoisotopic (exact) mass is 583 g/mol. The Kier molecular flexibility index (Phi) is 8.74. The molecular formula is C31H36F3N5O3. The highest BCUT2D eigenvalue weighted by Crippen LogP contribution is 2.39. The fourth-order valence-electron chi connectivity index (χ4n) is 5.74. The standard InChI is InChI=1S/C31H36F3N5O3/c1-19(23-5-4-6-24(30(23)32)31(33)34)36-26-7-10-35-27-18-29(42-22-8-11-37(12-9-22)20(2)40)28(17-25(26)27)39-15-13-38(14-16-39)21(3)41/h4-7,10,17-19,22,31H,8-9,11-16H2,1-3H3,(H,35,36)/t19-/m1/s1. The number of carbonyl (C=O) groups is 2. The van der Waals surface area contributed by atoms with Crippen LogP contribution in [0.2, 0.25) is 0 Å². The first-order valence-corrected chi connectivity index (χ1v) is 14.3. The number of alkyl halides is 2. The third kappa shape index (κ3) is 6.24. The van der Waals surface area contributed by atoms with E-state index in [1.54, 1.807) is 33.0 Å². The summed E-state index contributed by atoms with van der Waals surface area (Å²) in [4.78, 5) is 34.1. The second kappa shape index (κ2) is 12.5. The van der Waals surface area contributed by atoms with Crippen LogP contribution in [0.5, 0.6) is 5.75 Å². The molecule has 0 saturated carbocycles. The van der Waals surface area contributed by atoms with Gasteiger partial charge in [-0.15, -0.1) is 0 Å². The molecule has 42 heavy (non-hydrogen) atoms. The van der Waals surface area contributed by atoms with Crippen molar-refractivity contribution in [1.29, 1.82) is 0 Å². The number of nitrogens with zero attached hydrogens (tertiary/aromatic N) is 4. The lowest BCUT2D eigenvalue weighted by atomic mass is 10.0. The summed E-state index contributed by atoms with van der Waals surface area (Å²) in [5.74, 6) is -0.146. The summed E-state index contributed by atoms with van der Waals surface area (Å²) in [7, 11) is 0. The topological polar surface area (TPSA) is 78.0 Å². The molecule has 2 aliphatic heterocycles. The highest BCUT2D eigenvalue weighted by molar-refractivity contribution is 5.95. The lowest BCUT2D eigenvalue weighted by Crippen LogP contribution is -2.48. The molecule has 2 saturated heterocycles. The number of hydrogen-bond donors (Lipinski definition) is 1. The number of piperazine rings is 1. The summed E-state index contributed by atoms with van der Waals surface area (Å²) < 4.78 is 48.1. The van der Waals surface area contributed by atoms with Crippen molar-refractivity contribution in [1.82, 2.24) is 14.8 Å². The normalized spacial score (nSPS) is 17.1. The first-order valence-electron chi connectivity index (χ1n) is 14.3. The van der Waals surface area contributed by atoms with Crippen LogP contribution in [0.4, 0.5) is 24.5 Å². The number of nitrogens with one attached hydrogen (secondary N) is 1. The maximum atomic E-state index is 14.9. The Balaban J connectivity index is 1.47. The second-order valence-electron chi connectivity index (χ2n) is 10.9. The lowest BCUT2D eigenvalue weighted by molar-refractivity contribution is -0.130. The number of aromatic nitrogens is 1. The molecule has 11 heteroatoms. The zero-order chi connectivity index (χ0) is 30.0. The molecule has 0 radical (unpaired) electrons. The Morgan fingerprint density at radius 1 is 0.952 bits per heavy atom. The van der Waals surface area contributed by atoms with Crippen LogP contribution in [0.1, 0.15) is 57.2 Å². The Morgan fingerprint density at radius 3 is 2.24 bits per heavy atom. The number of hydrogen-bond acceptors (Lipinski definition) is 6. The van der Waals surface area contributed by atoms with Gasteiger partial charge < -0.3 is 24.8 Å². The van der Waals surface area contributed by atoms with E-state index in [1.807, 2.05) is 21.9 Å². The van der Waals surface area contributed by atoms with Gasteiger partial charge in [-0.1, -0.05) is 18.2 Å². The average molecular weight is 584 g/mol. The Hall–Kier alpha value is -4.02. The van der Waals surface area contributed by atoms with E-state index < -0.39 is 23.8 Å². The van der Waals surface area contributed by atoms with Crippen LogP contribution in [-0.4, -0.2) is 72.0 Å². The summed E-state index contributed by atoms with van der Waals surface area (Å²) in [6.07, 6.45) is 0.0967. The number of fused-ring (bicyclic) bond motifs is 1. The quantitative estimate of drug-likeness (QED) is 0.394. The van der Waals surface area contributed by atoms with Crippen LogP contribution in [0.25, 0.3) is 10.9 Å². The van der Waals surface area contributed by atoms with Gasteiger partial charge in [0.05, 0.1) is 22.8 Å². The molecule has 2 fully saturated rings. The van der Waals surface area contributed by atoms with Gasteiger partial charge in [-0.2, -0.15) is 0 Å². The zero-order valence-corrected chi connectivity index (χ0v) is 24.1. The van der Waals surface area contributed by atoms with Crippen LogP contribution >= 0.6 is 0 Å². The molecule has 3 aromatic rings. The number of rotatable bonds is 7. The third-order valence-electron chi connectivity index (χ3n) is 8.20. The van der Waals surface area contributed by atoms with Crippen molar-refractivity contribution in [2.45, 2.75) is 52.2 Å². The molecule has 0 aliphatic carbocycles. The minimum absolute atomic E-state index is 0.0367. The predicted octanol–water partition coefficient (Wildman–Crippen LogP) is 5.54. The van der Waals surface area contributed by atoms with Crippen molar-refractivity contribution >= 4 is 34.1 Å². The summed E-state index contributed by atoms with van der Waals surface area (Å²) >= 11 is 0. The smallest absolute Gasteiger partial charge is 0.266 e. The molecule has 0 spiro atoms. The molecule has 224 valence electrons. The molecule has 2 aromatic carbocycles. The second-order valence-corrected chi connectivity index (χ2v) is 10.9. The number of halogens is 3. The van der Waals surface area contributed by atoms with E-state index in [9.17, 15) is 22.8 Å². The van der Waals surface area contributed by atoms with Crippen LogP contribution in [0.3, 0.4) is 0 Å². The average Bonchev–Trinajstić information content (AvgIpc) is 2.97. The summed E-state index contributed by atoms with van der Waals surface area (Å²) in [6.45, 7) is 8.54. The Bertz CT molecular complexity index is 1450. The number of amides is 2. The van der Waals surface area contributed by atoms with Crippen molar-refractivity contribution in [3.05, 3.63) is 59.5 Å². The molecule has 0 bridgehead atoms. The van der Waals surface area contributed by atoms with Gasteiger partial charge in [0.2, 0.25) is 11.8 Å². The molecule has 1 atom stereocenters. The van der Waals surface area contributed by atoms with Crippen LogP contribution in [0, 0.1) is 5.82 Å². The number of anilines is 2. The van der Waals surface area contributed by atoms with E-state index in [-0.39, 0.29) is 23.5 Å². The number of benzene rings is 2. The van der Waals surface area contributed by atoms with Crippen molar-refractivity contribution in [3.63, 3.8) is 0 Å². The van der Waals surface area contributed by atoms with Crippen LogP contribution in [-0.2, 0) is 9.59 Å². The first kappa shape index (κ1) is 29.5. The van der Waals surface area contributed by atoms with Crippen molar-refractivity contribution in [2.75, 3.05) is 49.5 Å². The summed E-state index contributed by atoms with van der Waals surface area (Å²) in [5.41, 5.74) is 1.73. The van der Waals surface area contributed by atoms with Gasteiger partial charge in [0, 0.05) is 94.9 Å². The minimum Gasteiger partial charge on any atom is -0.488 e. The van der Waals surface area contributed by atoms with Crippen molar-refractivity contribution in [2.24, 2.45) is 0 Å². The van der Waals surface area contributed by atoms with Gasteiger partial charge in [-0.25, -0.2) is 13.2 Å². The van der Waals surface area contributed by atoms with Gasteiger partial charge in [0.1, 0.15) is 17.7 Å². The Morgan fingerprint density at radius 2 is 1.60 bits per heavy atom. The SMILES string of the molecule is CC(=O)N1CCC(Oc2cc3nccc(N[C@H](C)c4cccc(C(F)F)c4F)c3cc2N2CCN(C(C)=O)CC2)CC1. The summed E-state index contributed by atoms with van der Waals surface area (Å²) in [6, 6.07) is 9.11. The molecule has 8 nitrogen and oxygen atoms in total. The largest absolute Gasteiger partial charge is 0.488 e. The van der Waals surface area contributed by atoms with Gasteiger partial charge in [-0.05, 0) is 19.1 Å². The number of likely N-dealkylation sites (tertiary alicyclic amines) is 1. The van der Waals surface area contributed by atoms with E-state index in [4.69, 9.17) is 4.74 Å². The van der Waals surface area contributed by atoms with Gasteiger partial charge >= 0.3 is 0 Å². The maximum absolute atomic E-state index is 14.9. The predicted molar refractivity (Wildman–Crippen MR) is 156 cm³/mol. The lowest BCUT2D eigenvalue weighted by Gasteiger charge is -2.37. The first-order chi connectivity index (χ1) is 20.1. The molecule has 2 aliphatic rings. The minimum atomic E-state index is -2.90. The van der Waals surface area contributed by atoms with Crippen LogP contribution < -0.4 is 15.0 Å². The number of carbonyl (C=O) groups excluding carboxylic acids is 2.